The quantitative estimate of drug-likeness (QED) is 0.833. The summed E-state index contributed by atoms with van der Waals surface area (Å²) < 4.78 is 5.64. The summed E-state index contributed by atoms with van der Waals surface area (Å²) in [6, 6.07) is 9.10. The molecule has 0 aliphatic rings. The maximum atomic E-state index is 11.5. The third-order valence-electron chi connectivity index (χ3n) is 2.52. The largest absolute Gasteiger partial charge is 0.479 e. The molecule has 1 aromatic rings. The Bertz CT molecular complexity index is 345. The van der Waals surface area contributed by atoms with Crippen LogP contribution in [0.5, 0.6) is 0 Å². The van der Waals surface area contributed by atoms with Gasteiger partial charge < -0.3 is 9.84 Å². The van der Waals surface area contributed by atoms with Crippen LogP contribution < -0.4 is 0 Å². The highest BCUT2D eigenvalue weighted by molar-refractivity contribution is 5.79. The van der Waals surface area contributed by atoms with Crippen LogP contribution in [0.15, 0.2) is 30.3 Å². The number of benzene rings is 1. The molecule has 1 unspecified atom stereocenters. The molecule has 0 fully saturated rings. The van der Waals surface area contributed by atoms with Gasteiger partial charge in [0.2, 0.25) is 0 Å². The minimum atomic E-state index is -1.23. The van der Waals surface area contributed by atoms with Gasteiger partial charge in [-0.15, -0.1) is 0 Å². The minimum absolute atomic E-state index is 0.128. The highest BCUT2D eigenvalue weighted by Gasteiger charge is 2.40. The van der Waals surface area contributed by atoms with Crippen molar-refractivity contribution in [3.05, 3.63) is 35.9 Å². The lowest BCUT2D eigenvalue weighted by Crippen LogP contribution is -2.40. The SMILES string of the molecule is CCC(OC(C)C)(C(=O)O)c1ccccc1. The van der Waals surface area contributed by atoms with Crippen LogP contribution in [0.4, 0.5) is 0 Å². The zero-order chi connectivity index (χ0) is 12.2. The van der Waals surface area contributed by atoms with Crippen molar-refractivity contribution in [2.75, 3.05) is 0 Å². The van der Waals surface area contributed by atoms with Crippen LogP contribution in [0.3, 0.4) is 0 Å². The fraction of sp³-hybridized carbons (Fsp3) is 0.462. The molecule has 3 heteroatoms. The molecule has 16 heavy (non-hydrogen) atoms. The lowest BCUT2D eigenvalue weighted by Gasteiger charge is -2.31. The first-order valence-corrected chi connectivity index (χ1v) is 5.49. The van der Waals surface area contributed by atoms with E-state index in [0.717, 1.165) is 0 Å². The van der Waals surface area contributed by atoms with E-state index in [1.54, 1.807) is 12.1 Å². The molecular weight excluding hydrogens is 204 g/mol. The molecule has 0 amide bonds. The number of aliphatic carboxylic acids is 1. The number of ether oxygens (including phenoxy) is 1. The van der Waals surface area contributed by atoms with Crippen molar-refractivity contribution in [3.63, 3.8) is 0 Å². The van der Waals surface area contributed by atoms with Crippen molar-refractivity contribution in [1.29, 1.82) is 0 Å². The molecule has 0 saturated heterocycles. The van der Waals surface area contributed by atoms with Crippen LogP contribution in [-0.4, -0.2) is 17.2 Å². The Balaban J connectivity index is 3.18. The predicted molar refractivity (Wildman–Crippen MR) is 62.3 cm³/mol. The summed E-state index contributed by atoms with van der Waals surface area (Å²) >= 11 is 0. The van der Waals surface area contributed by atoms with E-state index in [-0.39, 0.29) is 6.10 Å². The van der Waals surface area contributed by atoms with Gasteiger partial charge in [0.25, 0.3) is 0 Å². The third kappa shape index (κ3) is 2.42. The minimum Gasteiger partial charge on any atom is -0.479 e. The maximum Gasteiger partial charge on any atom is 0.340 e. The van der Waals surface area contributed by atoms with E-state index in [9.17, 15) is 9.90 Å². The van der Waals surface area contributed by atoms with Gasteiger partial charge in [0, 0.05) is 0 Å². The Labute approximate surface area is 96.1 Å². The van der Waals surface area contributed by atoms with Crippen molar-refractivity contribution >= 4 is 5.97 Å². The first-order chi connectivity index (χ1) is 7.53. The Kier molecular flexibility index (Phi) is 4.07. The number of carboxylic acid groups (broad SMARTS) is 1. The second kappa shape index (κ2) is 5.12. The van der Waals surface area contributed by atoms with Crippen LogP contribution >= 0.6 is 0 Å². The zero-order valence-corrected chi connectivity index (χ0v) is 9.93. The van der Waals surface area contributed by atoms with Crippen LogP contribution in [0.1, 0.15) is 32.8 Å². The summed E-state index contributed by atoms with van der Waals surface area (Å²) in [5, 5.41) is 9.40. The summed E-state index contributed by atoms with van der Waals surface area (Å²) in [5.41, 5.74) is -0.534. The number of hydrogen-bond acceptors (Lipinski definition) is 2. The van der Waals surface area contributed by atoms with E-state index in [1.165, 1.54) is 0 Å². The molecule has 1 rings (SSSR count). The van der Waals surface area contributed by atoms with E-state index in [2.05, 4.69) is 0 Å². The molecule has 88 valence electrons. The van der Waals surface area contributed by atoms with Crippen LogP contribution in [0.25, 0.3) is 0 Å². The summed E-state index contributed by atoms with van der Waals surface area (Å²) in [5.74, 6) is -0.935. The lowest BCUT2D eigenvalue weighted by molar-refractivity contribution is -0.174. The molecule has 0 saturated carbocycles. The molecule has 1 atom stereocenters. The topological polar surface area (TPSA) is 46.5 Å². The van der Waals surface area contributed by atoms with Crippen molar-refractivity contribution in [2.45, 2.75) is 38.9 Å². The summed E-state index contributed by atoms with van der Waals surface area (Å²) in [4.78, 5) is 11.5. The van der Waals surface area contributed by atoms with Crippen molar-refractivity contribution in [3.8, 4) is 0 Å². The lowest BCUT2D eigenvalue weighted by atomic mass is 9.90. The molecule has 0 radical (unpaired) electrons. The number of hydrogen-bond donors (Lipinski definition) is 1. The van der Waals surface area contributed by atoms with Crippen molar-refractivity contribution < 1.29 is 14.6 Å². The van der Waals surface area contributed by atoms with Gasteiger partial charge >= 0.3 is 5.97 Å². The molecule has 1 aromatic carbocycles. The van der Waals surface area contributed by atoms with Crippen molar-refractivity contribution in [1.82, 2.24) is 0 Å². The highest BCUT2D eigenvalue weighted by Crippen LogP contribution is 2.31. The molecule has 0 aliphatic carbocycles. The Morgan fingerprint density at radius 3 is 2.31 bits per heavy atom. The molecule has 0 aromatic heterocycles. The fourth-order valence-corrected chi connectivity index (χ4v) is 1.79. The van der Waals surface area contributed by atoms with Gasteiger partial charge in [0.15, 0.2) is 5.60 Å². The third-order valence-corrected chi connectivity index (χ3v) is 2.52. The van der Waals surface area contributed by atoms with E-state index >= 15 is 0 Å². The summed E-state index contributed by atoms with van der Waals surface area (Å²) in [6.07, 6.45) is 0.279. The van der Waals surface area contributed by atoms with E-state index < -0.39 is 11.6 Å². The zero-order valence-electron chi connectivity index (χ0n) is 9.93. The van der Waals surface area contributed by atoms with Gasteiger partial charge in [-0.3, -0.25) is 0 Å². The standard InChI is InChI=1S/C13H18O3/c1-4-13(12(14)15,16-10(2)3)11-8-6-5-7-9-11/h5-10H,4H2,1-3H3,(H,14,15). The molecule has 0 spiro atoms. The average molecular weight is 222 g/mol. The maximum absolute atomic E-state index is 11.5. The van der Waals surface area contributed by atoms with Gasteiger partial charge in [-0.2, -0.15) is 0 Å². The van der Waals surface area contributed by atoms with E-state index in [1.807, 2.05) is 39.0 Å². The number of carboxylic acids is 1. The highest BCUT2D eigenvalue weighted by atomic mass is 16.5. The Morgan fingerprint density at radius 1 is 1.38 bits per heavy atom. The Hall–Kier alpha value is -1.35. The number of carbonyl (C=O) groups is 1. The predicted octanol–water partition coefficient (Wildman–Crippen LogP) is 2.80. The van der Waals surface area contributed by atoms with Crippen LogP contribution in [-0.2, 0) is 15.1 Å². The second-order valence-electron chi connectivity index (χ2n) is 4.02. The monoisotopic (exact) mass is 222 g/mol. The molecule has 0 heterocycles. The molecule has 0 aliphatic heterocycles. The fourth-order valence-electron chi connectivity index (χ4n) is 1.79. The first-order valence-electron chi connectivity index (χ1n) is 5.49. The van der Waals surface area contributed by atoms with Gasteiger partial charge in [-0.05, 0) is 25.8 Å². The van der Waals surface area contributed by atoms with E-state index in [4.69, 9.17) is 4.74 Å². The normalized spacial score (nSPS) is 14.8. The Morgan fingerprint density at radius 2 is 1.94 bits per heavy atom. The van der Waals surface area contributed by atoms with Gasteiger partial charge in [-0.25, -0.2) is 4.79 Å². The van der Waals surface area contributed by atoms with Crippen LogP contribution in [0, 0.1) is 0 Å². The molecule has 3 nitrogen and oxygen atoms in total. The average Bonchev–Trinajstić information content (AvgIpc) is 2.26. The van der Waals surface area contributed by atoms with E-state index in [0.29, 0.717) is 12.0 Å². The second-order valence-corrected chi connectivity index (χ2v) is 4.02. The molecule has 1 N–H and O–H groups in total. The molecule has 0 bridgehead atoms. The van der Waals surface area contributed by atoms with Crippen LogP contribution in [0.2, 0.25) is 0 Å². The first kappa shape index (κ1) is 12.7. The molecular formula is C13H18O3. The van der Waals surface area contributed by atoms with Gasteiger partial charge in [0.1, 0.15) is 0 Å². The summed E-state index contributed by atoms with van der Waals surface area (Å²) in [6.45, 7) is 5.51. The summed E-state index contributed by atoms with van der Waals surface area (Å²) in [7, 11) is 0. The smallest absolute Gasteiger partial charge is 0.340 e. The van der Waals surface area contributed by atoms with Crippen molar-refractivity contribution in [2.24, 2.45) is 0 Å². The number of rotatable bonds is 5. The van der Waals surface area contributed by atoms with Gasteiger partial charge in [-0.1, -0.05) is 37.3 Å². The van der Waals surface area contributed by atoms with Gasteiger partial charge in [0.05, 0.1) is 6.10 Å².